The number of methoxy groups -OCH3 is 2. The number of nitrogens with one attached hydrogen (secondary N) is 2. The Morgan fingerprint density at radius 3 is 2.23 bits per heavy atom. The molecule has 3 amide bonds. The van der Waals surface area contributed by atoms with E-state index in [1.807, 2.05) is 67.5 Å². The number of aryl methyl sites for hydroxylation is 1. The average molecular weight is 1720 g/mol. The maximum absolute atomic E-state index is 14.8. The standard InChI is InChI=1S/C87H118N20O17/c1-51-16-10-9-11-17-52(2)69(118-7)43-61-22-19-56(6)87(117,124-61)78(113)82(115)105-28-14-12-18-66(105)83(116)122-70(44-67(108)53(3)39-55(5)76(111)77(112)75(110)54(4)38-51)62(88)40-57-20-23-65(71(41-57)119-8)107-49-64(100-102-107)59-45-93-85(94-46-59)103-30-32-104(33-31-103)86-95-47-60(48-96-86)81(114)92-27-35-121-37-36-120-34-25-72(109)91-26-13-15-29-106-80-73(79(89)97-50-98-80)74(101-106)58-21-24-68-63(42-58)99-84(90)123-68/h9-11,16-17,21,24,39,42,45-51,53-54,56-57,61-62,65-66,69-71,76-77,111-112,117H,12-15,18-20,22-23,25-38,40-41,43-44,88H2,1-8H3,(H2,90,99)(H,91,109)(H,92,114)(H2,89,97,98)/b11-9+,16-10+,52-17+,55-39+/t51-,53-,54-,56-,57+,61+,62-,65+,66+,69+,70+,71-,76-,77+,87-/m1/s1. The third-order valence-corrected chi connectivity index (χ3v) is 24.3. The van der Waals surface area contributed by atoms with Crippen LogP contribution in [0.25, 0.3) is 44.6 Å². The average Bonchev–Trinajstić information content (AvgIpc) is 1.43. The minimum Gasteiger partial charge on any atom is -0.459 e. The molecule has 10 heterocycles. The number of cyclic esters (lactones) is 1. The first-order valence-corrected chi connectivity index (χ1v) is 43.0. The molecule has 1 saturated carbocycles. The topological polar surface area (TPSA) is 499 Å². The number of carbonyl (C=O) groups is 7. The van der Waals surface area contributed by atoms with Gasteiger partial charge in [-0.1, -0.05) is 69.4 Å². The van der Waals surface area contributed by atoms with Gasteiger partial charge in [-0.2, -0.15) is 10.1 Å². The van der Waals surface area contributed by atoms with Crippen LogP contribution >= 0.6 is 0 Å². The molecule has 15 atom stereocenters. The molecular formula is C87H118N20O17. The Kier molecular flexibility index (Phi) is 32.2. The van der Waals surface area contributed by atoms with Crippen molar-refractivity contribution < 1.29 is 81.7 Å². The zero-order chi connectivity index (χ0) is 88.3. The molecule has 3 saturated heterocycles. The Morgan fingerprint density at radius 1 is 0.758 bits per heavy atom. The number of allylic oxidation sites excluding steroid dienone is 6. The number of unbranched alkanes of at least 4 members (excludes halogenated alkanes) is 1. The monoisotopic (exact) mass is 1710 g/mol. The van der Waals surface area contributed by atoms with Gasteiger partial charge < -0.3 is 90.7 Å². The van der Waals surface area contributed by atoms with Crippen molar-refractivity contribution >= 4 is 86.9 Å². The lowest BCUT2D eigenvalue weighted by atomic mass is 9.79. The molecule has 2 bridgehead atoms. The third-order valence-electron chi connectivity index (χ3n) is 24.3. The summed E-state index contributed by atoms with van der Waals surface area (Å²) >= 11 is 0. The van der Waals surface area contributed by atoms with E-state index >= 15 is 0 Å². The van der Waals surface area contributed by atoms with Crippen LogP contribution in [0.4, 0.5) is 23.7 Å². The summed E-state index contributed by atoms with van der Waals surface area (Å²) in [6, 6.07) is 3.08. The van der Waals surface area contributed by atoms with Crippen LogP contribution in [-0.4, -0.2) is 262 Å². The second-order valence-corrected chi connectivity index (χ2v) is 33.2. The quantitative estimate of drug-likeness (QED) is 0.0138. The van der Waals surface area contributed by atoms with Crippen LogP contribution < -0.4 is 37.6 Å². The number of carbonyl (C=O) groups excluding carboxylic acids is 7. The number of ether oxygens (including phenoxy) is 6. The van der Waals surface area contributed by atoms with Gasteiger partial charge in [0.05, 0.1) is 67.9 Å². The first-order valence-electron chi connectivity index (χ1n) is 43.0. The molecule has 6 aromatic heterocycles. The fourth-order valence-electron chi connectivity index (χ4n) is 16.9. The van der Waals surface area contributed by atoms with Crippen molar-refractivity contribution in [3.63, 3.8) is 0 Å². The second kappa shape index (κ2) is 43.2. The highest BCUT2D eigenvalue weighted by Gasteiger charge is 2.53. The summed E-state index contributed by atoms with van der Waals surface area (Å²) in [4.78, 5) is 134. The molecule has 1 aromatic carbocycles. The van der Waals surface area contributed by atoms with Crippen LogP contribution in [0, 0.1) is 29.6 Å². The van der Waals surface area contributed by atoms with Crippen molar-refractivity contribution in [3.05, 3.63) is 109 Å². The SMILES string of the molecule is CO[C@H]1C[C@@H]2CC[C@@H](C)[C@@](O)(O2)C(=O)C(=O)N2CCCC[C@H]2C(=O)O[C@H]([C@H](N)C[C@@H]2CC[C@H](n3cc(-c4cnc(N5CCN(c6ncc(C(=O)NCCOCCOCCC(=O)NCCCCn7nc(-c8ccc9oc(N)nc9c8)c8c(N)ncnc87)cn6)CC5)nc4)nn3)[C@H](OC)C2)CC(=O)[C@H](C)/C=C(\C)[C@@H](O)[C@@H](O)C(=O)[C@H](C)C[C@H](C)/C=C/C=C/C=C/1C. The van der Waals surface area contributed by atoms with E-state index in [-0.39, 0.29) is 119 Å². The second-order valence-electron chi connectivity index (χ2n) is 33.2. The Labute approximate surface area is 719 Å². The third kappa shape index (κ3) is 23.2. The van der Waals surface area contributed by atoms with Gasteiger partial charge >= 0.3 is 5.97 Å². The lowest BCUT2D eigenvalue weighted by molar-refractivity contribution is -0.265. The van der Waals surface area contributed by atoms with Gasteiger partial charge in [0.2, 0.25) is 23.6 Å². The van der Waals surface area contributed by atoms with Crippen molar-refractivity contribution in [2.24, 2.45) is 35.3 Å². The number of Topliss-reactive ketones (excluding diaryl/α,β-unsaturated/α-hetero) is 3. The number of nitrogen functional groups attached to an aromatic ring is 2. The van der Waals surface area contributed by atoms with E-state index in [4.69, 9.17) is 65.1 Å². The van der Waals surface area contributed by atoms with Crippen molar-refractivity contribution in [1.29, 1.82) is 0 Å². The normalized spacial score (nSPS) is 27.5. The van der Waals surface area contributed by atoms with Crippen molar-refractivity contribution in [1.82, 2.24) is 75.2 Å². The highest BCUT2D eigenvalue weighted by Crippen LogP contribution is 2.40. The van der Waals surface area contributed by atoms with Crippen LogP contribution in [0.3, 0.4) is 0 Å². The molecular weight excluding hydrogens is 1600 g/mol. The number of amides is 3. The van der Waals surface area contributed by atoms with Gasteiger partial charge in [0, 0.05) is 146 Å². The van der Waals surface area contributed by atoms with E-state index in [0.717, 1.165) is 16.0 Å². The number of anilines is 4. The maximum atomic E-state index is 14.8. The molecule has 11 N–H and O–H groups in total. The summed E-state index contributed by atoms with van der Waals surface area (Å²) in [7, 11) is 3.17. The molecule has 37 heteroatoms. The van der Waals surface area contributed by atoms with Crippen LogP contribution in [0.1, 0.15) is 154 Å². The fourth-order valence-corrected chi connectivity index (χ4v) is 16.9. The van der Waals surface area contributed by atoms with Gasteiger partial charge in [0.15, 0.2) is 17.0 Å². The first-order chi connectivity index (χ1) is 59.7. The molecule has 0 spiro atoms. The van der Waals surface area contributed by atoms with Gasteiger partial charge in [-0.05, 0) is 132 Å². The molecule has 12 rings (SSSR count). The number of aromatic nitrogens is 12. The molecule has 1 aliphatic carbocycles. The number of aliphatic hydroxyl groups excluding tert-OH is 2. The first kappa shape index (κ1) is 92.4. The number of nitrogens with two attached hydrogens (primary N) is 3. The number of aliphatic hydroxyl groups is 3. The van der Waals surface area contributed by atoms with Crippen molar-refractivity contribution in [2.45, 2.75) is 205 Å². The van der Waals surface area contributed by atoms with E-state index in [9.17, 15) is 48.9 Å². The molecule has 37 nitrogen and oxygen atoms in total. The van der Waals surface area contributed by atoms with E-state index in [1.54, 1.807) is 62.8 Å². The van der Waals surface area contributed by atoms with E-state index < -0.39 is 95.4 Å². The number of nitrogens with zero attached hydrogens (tertiary/aromatic N) is 15. The Hall–Kier alpha value is -10.8. The number of hydrogen-bond donors (Lipinski definition) is 8. The summed E-state index contributed by atoms with van der Waals surface area (Å²) in [5, 5.41) is 55.0. The van der Waals surface area contributed by atoms with Gasteiger partial charge in [0.1, 0.15) is 59.2 Å². The number of fused-ring (bicyclic) bond motifs is 5. The van der Waals surface area contributed by atoms with Crippen molar-refractivity contribution in [3.8, 4) is 22.5 Å². The van der Waals surface area contributed by atoms with Gasteiger partial charge in [0.25, 0.3) is 23.6 Å². The summed E-state index contributed by atoms with van der Waals surface area (Å²) in [5.74, 6) is -8.31. The zero-order valence-corrected chi connectivity index (χ0v) is 71.8. The van der Waals surface area contributed by atoms with E-state index in [2.05, 4.69) is 50.8 Å². The smallest absolute Gasteiger partial charge is 0.329 e. The molecule has 7 aromatic rings. The predicted molar refractivity (Wildman–Crippen MR) is 458 cm³/mol. The Bertz CT molecular complexity index is 4950. The highest BCUT2D eigenvalue weighted by molar-refractivity contribution is 6.39. The number of ketones is 3. The molecule has 0 radical (unpaired) electrons. The Morgan fingerprint density at radius 2 is 1.49 bits per heavy atom. The van der Waals surface area contributed by atoms with Crippen molar-refractivity contribution in [2.75, 3.05) is 108 Å². The van der Waals surface area contributed by atoms with Crippen LogP contribution in [0.2, 0.25) is 0 Å². The minimum absolute atomic E-state index is 0.00636. The zero-order valence-electron chi connectivity index (χ0n) is 71.8. The molecule has 4 aliphatic heterocycles. The number of esters is 1. The summed E-state index contributed by atoms with van der Waals surface area (Å²) in [6.07, 6.45) is 20.1. The number of benzene rings is 1. The predicted octanol–water partition coefficient (Wildman–Crippen LogP) is 6.13. The number of hydrogen-bond acceptors (Lipinski definition) is 32. The number of piperazine rings is 1. The summed E-state index contributed by atoms with van der Waals surface area (Å²) < 4.78 is 44.8. The molecule has 0 unspecified atom stereocenters. The molecule has 124 heavy (non-hydrogen) atoms. The molecule has 5 aliphatic rings. The summed E-state index contributed by atoms with van der Waals surface area (Å²) in [6.45, 7) is 14.9. The number of rotatable bonds is 25. The lowest BCUT2D eigenvalue weighted by Crippen LogP contribution is -2.61. The minimum atomic E-state index is -2.51. The largest absolute Gasteiger partial charge is 0.459 e. The van der Waals surface area contributed by atoms with Crippen LogP contribution in [0.15, 0.2) is 108 Å². The lowest BCUT2D eigenvalue weighted by Gasteiger charge is -2.42. The van der Waals surface area contributed by atoms with Gasteiger partial charge in [-0.15, -0.1) is 5.10 Å². The Balaban J connectivity index is 0.578. The molecule has 668 valence electrons. The van der Waals surface area contributed by atoms with E-state index in [1.165, 1.54) is 31.7 Å². The summed E-state index contributed by atoms with van der Waals surface area (Å²) in [5.41, 5.74) is 24.8. The fraction of sp³-hybridized carbons (Fsp3) is 0.575. The van der Waals surface area contributed by atoms with Crippen LogP contribution in [-0.2, 0) is 63.7 Å². The van der Waals surface area contributed by atoms with E-state index in [0.29, 0.717) is 166 Å². The van der Waals surface area contributed by atoms with Gasteiger partial charge in [-0.25, -0.2) is 44.1 Å². The maximum Gasteiger partial charge on any atom is 0.329 e. The number of piperidine rings is 1. The highest BCUT2D eigenvalue weighted by atomic mass is 16.6. The number of oxazole rings is 1. The van der Waals surface area contributed by atoms with Gasteiger partial charge in [-0.3, -0.25) is 28.8 Å². The molecule has 4 fully saturated rings. The van der Waals surface area contributed by atoms with Crippen LogP contribution in [0.5, 0.6) is 0 Å².